The summed E-state index contributed by atoms with van der Waals surface area (Å²) >= 11 is 0. The number of aromatic nitrogens is 1. The molecule has 1 aromatic carbocycles. The van der Waals surface area contributed by atoms with Gasteiger partial charge in [-0.3, -0.25) is 4.79 Å². The topological polar surface area (TPSA) is 47.2 Å². The van der Waals surface area contributed by atoms with E-state index in [-0.39, 0.29) is 5.91 Å². The number of hydrogen-bond acceptors (Lipinski definition) is 2. The molecule has 102 valence electrons. The van der Waals surface area contributed by atoms with Crippen molar-refractivity contribution in [1.82, 2.24) is 9.88 Å². The zero-order valence-corrected chi connectivity index (χ0v) is 11.5. The van der Waals surface area contributed by atoms with Crippen molar-refractivity contribution in [2.75, 3.05) is 0 Å². The van der Waals surface area contributed by atoms with Crippen LogP contribution in [-0.4, -0.2) is 10.5 Å². The van der Waals surface area contributed by atoms with Crippen molar-refractivity contribution >= 4 is 16.9 Å². The number of hydrogen-bond donors (Lipinski definition) is 1. The van der Waals surface area contributed by atoms with E-state index in [9.17, 15) is 4.79 Å². The largest absolute Gasteiger partial charge is 0.451 e. The van der Waals surface area contributed by atoms with Crippen molar-refractivity contribution in [3.63, 3.8) is 0 Å². The summed E-state index contributed by atoms with van der Waals surface area (Å²) in [7, 11) is 1.98. The number of nitrogens with zero attached hydrogens (tertiary/aromatic N) is 1. The van der Waals surface area contributed by atoms with Gasteiger partial charge in [0.05, 0.1) is 6.54 Å². The first-order valence-corrected chi connectivity index (χ1v) is 6.53. The minimum absolute atomic E-state index is 0.194. The normalized spacial score (nSPS) is 10.9. The van der Waals surface area contributed by atoms with E-state index in [2.05, 4.69) is 9.88 Å². The molecule has 2 aromatic heterocycles. The van der Waals surface area contributed by atoms with E-state index in [1.807, 2.05) is 50.4 Å². The van der Waals surface area contributed by atoms with Crippen LogP contribution >= 0.6 is 0 Å². The van der Waals surface area contributed by atoms with Gasteiger partial charge >= 0.3 is 0 Å². The Kier molecular flexibility index (Phi) is 3.06. The van der Waals surface area contributed by atoms with Crippen molar-refractivity contribution in [2.24, 2.45) is 7.05 Å². The van der Waals surface area contributed by atoms with Crippen LogP contribution in [0.3, 0.4) is 0 Å². The van der Waals surface area contributed by atoms with Gasteiger partial charge < -0.3 is 14.3 Å². The molecule has 0 saturated heterocycles. The maximum absolute atomic E-state index is 12.1. The average molecular weight is 268 g/mol. The molecule has 0 aliphatic rings. The van der Waals surface area contributed by atoms with Crippen LogP contribution in [0.25, 0.3) is 11.0 Å². The van der Waals surface area contributed by atoms with Gasteiger partial charge in [-0.25, -0.2) is 0 Å². The molecule has 0 atom stereocenters. The molecule has 0 fully saturated rings. The molecule has 0 saturated carbocycles. The summed E-state index contributed by atoms with van der Waals surface area (Å²) < 4.78 is 7.59. The SMILES string of the molecule is Cc1ccc(CNC(=O)c2cc3ccccc3o2)n1C. The second kappa shape index (κ2) is 4.89. The molecular formula is C16H16N2O2. The van der Waals surface area contributed by atoms with Gasteiger partial charge in [0.1, 0.15) is 5.58 Å². The van der Waals surface area contributed by atoms with Gasteiger partial charge in [0.15, 0.2) is 5.76 Å². The van der Waals surface area contributed by atoms with E-state index in [4.69, 9.17) is 4.42 Å². The Bertz CT molecular complexity index is 735. The van der Waals surface area contributed by atoms with Gasteiger partial charge in [-0.15, -0.1) is 0 Å². The first-order valence-electron chi connectivity index (χ1n) is 6.53. The van der Waals surface area contributed by atoms with Gasteiger partial charge in [0.2, 0.25) is 0 Å². The molecule has 2 heterocycles. The summed E-state index contributed by atoms with van der Waals surface area (Å²) in [5.41, 5.74) is 2.96. The third-order valence-electron chi connectivity index (χ3n) is 3.56. The molecule has 20 heavy (non-hydrogen) atoms. The maximum atomic E-state index is 12.1. The number of aryl methyl sites for hydroxylation is 1. The zero-order valence-electron chi connectivity index (χ0n) is 11.5. The maximum Gasteiger partial charge on any atom is 0.287 e. The first kappa shape index (κ1) is 12.5. The lowest BCUT2D eigenvalue weighted by Crippen LogP contribution is -2.23. The number of para-hydroxylation sites is 1. The Hall–Kier alpha value is -2.49. The Morgan fingerprint density at radius 1 is 1.25 bits per heavy atom. The molecule has 0 spiro atoms. The molecule has 3 aromatic rings. The van der Waals surface area contributed by atoms with E-state index in [0.29, 0.717) is 12.3 Å². The van der Waals surface area contributed by atoms with Crippen molar-refractivity contribution < 1.29 is 9.21 Å². The number of benzene rings is 1. The number of amides is 1. The third kappa shape index (κ3) is 2.20. The third-order valence-corrected chi connectivity index (χ3v) is 3.56. The van der Waals surface area contributed by atoms with Gasteiger partial charge in [-0.05, 0) is 31.2 Å². The summed E-state index contributed by atoms with van der Waals surface area (Å²) in [5, 5.41) is 3.81. The summed E-state index contributed by atoms with van der Waals surface area (Å²) in [6.07, 6.45) is 0. The highest BCUT2D eigenvalue weighted by molar-refractivity contribution is 5.95. The molecular weight excluding hydrogens is 252 g/mol. The van der Waals surface area contributed by atoms with Crippen LogP contribution in [0.15, 0.2) is 46.9 Å². The average Bonchev–Trinajstić information content (AvgIpc) is 3.02. The Labute approximate surface area is 117 Å². The minimum Gasteiger partial charge on any atom is -0.451 e. The van der Waals surface area contributed by atoms with Gasteiger partial charge in [0.25, 0.3) is 5.91 Å². The standard InChI is InChI=1S/C16H16N2O2/c1-11-7-8-13(18(11)2)10-17-16(19)15-9-12-5-3-4-6-14(12)20-15/h3-9H,10H2,1-2H3,(H,17,19). The van der Waals surface area contributed by atoms with Crippen LogP contribution in [0.1, 0.15) is 21.9 Å². The van der Waals surface area contributed by atoms with Gasteiger partial charge in [-0.2, -0.15) is 0 Å². The molecule has 0 aliphatic carbocycles. The van der Waals surface area contributed by atoms with E-state index >= 15 is 0 Å². The lowest BCUT2D eigenvalue weighted by molar-refractivity contribution is 0.0924. The van der Waals surface area contributed by atoms with Crippen LogP contribution in [0.2, 0.25) is 0 Å². The minimum atomic E-state index is -0.194. The fraction of sp³-hybridized carbons (Fsp3) is 0.188. The van der Waals surface area contributed by atoms with Crippen LogP contribution in [-0.2, 0) is 13.6 Å². The summed E-state index contributed by atoms with van der Waals surface area (Å²) in [6, 6.07) is 13.4. The summed E-state index contributed by atoms with van der Waals surface area (Å²) in [4.78, 5) is 12.1. The molecule has 0 unspecified atom stereocenters. The Morgan fingerprint density at radius 2 is 2.05 bits per heavy atom. The smallest absolute Gasteiger partial charge is 0.287 e. The highest BCUT2D eigenvalue weighted by Gasteiger charge is 2.12. The fourth-order valence-corrected chi connectivity index (χ4v) is 2.20. The Morgan fingerprint density at radius 3 is 2.75 bits per heavy atom. The molecule has 4 heteroatoms. The molecule has 0 bridgehead atoms. The van der Waals surface area contributed by atoms with Crippen LogP contribution in [0, 0.1) is 6.92 Å². The van der Waals surface area contributed by atoms with E-state index in [0.717, 1.165) is 22.4 Å². The number of rotatable bonds is 3. The monoisotopic (exact) mass is 268 g/mol. The number of carbonyl (C=O) groups is 1. The number of nitrogens with one attached hydrogen (secondary N) is 1. The van der Waals surface area contributed by atoms with E-state index < -0.39 is 0 Å². The molecule has 1 amide bonds. The highest BCUT2D eigenvalue weighted by atomic mass is 16.3. The van der Waals surface area contributed by atoms with Crippen molar-refractivity contribution in [3.05, 3.63) is 59.6 Å². The van der Waals surface area contributed by atoms with Crippen LogP contribution in [0.4, 0.5) is 0 Å². The van der Waals surface area contributed by atoms with Gasteiger partial charge in [0, 0.05) is 23.8 Å². The molecule has 3 rings (SSSR count). The quantitative estimate of drug-likeness (QED) is 0.793. The molecule has 0 radical (unpaired) electrons. The first-order chi connectivity index (χ1) is 9.65. The summed E-state index contributed by atoms with van der Waals surface area (Å²) in [6.45, 7) is 2.52. The second-order valence-corrected chi connectivity index (χ2v) is 4.86. The molecule has 4 nitrogen and oxygen atoms in total. The lowest BCUT2D eigenvalue weighted by Gasteiger charge is -2.06. The van der Waals surface area contributed by atoms with Crippen molar-refractivity contribution in [3.8, 4) is 0 Å². The van der Waals surface area contributed by atoms with E-state index in [1.165, 1.54) is 0 Å². The van der Waals surface area contributed by atoms with Crippen molar-refractivity contribution in [1.29, 1.82) is 0 Å². The second-order valence-electron chi connectivity index (χ2n) is 4.86. The Balaban J connectivity index is 1.74. The lowest BCUT2D eigenvalue weighted by atomic mass is 10.2. The van der Waals surface area contributed by atoms with Crippen LogP contribution < -0.4 is 5.32 Å². The van der Waals surface area contributed by atoms with Gasteiger partial charge in [-0.1, -0.05) is 18.2 Å². The zero-order chi connectivity index (χ0) is 14.1. The predicted octanol–water partition coefficient (Wildman–Crippen LogP) is 3.01. The molecule has 1 N–H and O–H groups in total. The van der Waals surface area contributed by atoms with E-state index in [1.54, 1.807) is 6.07 Å². The van der Waals surface area contributed by atoms with Crippen LogP contribution in [0.5, 0.6) is 0 Å². The molecule has 0 aliphatic heterocycles. The highest BCUT2D eigenvalue weighted by Crippen LogP contribution is 2.18. The number of furan rings is 1. The number of carbonyl (C=O) groups excluding carboxylic acids is 1. The van der Waals surface area contributed by atoms with Crippen molar-refractivity contribution in [2.45, 2.75) is 13.5 Å². The number of fused-ring (bicyclic) bond motifs is 1. The fourth-order valence-electron chi connectivity index (χ4n) is 2.20. The summed E-state index contributed by atoms with van der Waals surface area (Å²) in [5.74, 6) is 0.150. The predicted molar refractivity (Wildman–Crippen MR) is 77.5 cm³/mol.